The number of benzene rings is 1. The van der Waals surface area contributed by atoms with Crippen molar-refractivity contribution < 1.29 is 4.39 Å². The molecule has 1 heterocycles. The Labute approximate surface area is 119 Å². The van der Waals surface area contributed by atoms with Gasteiger partial charge in [0.2, 0.25) is 0 Å². The molecule has 0 unspecified atom stereocenters. The van der Waals surface area contributed by atoms with Crippen LogP contribution < -0.4 is 5.32 Å². The molecular weight excluding hydrogens is 323 g/mol. The van der Waals surface area contributed by atoms with Crippen LogP contribution in [0, 0.1) is 5.82 Å². The minimum atomic E-state index is -0.314. The maximum Gasteiger partial charge on any atom is 0.166 e. The summed E-state index contributed by atoms with van der Waals surface area (Å²) in [6.45, 7) is 1.48. The number of rotatable bonds is 4. The minimum Gasteiger partial charge on any atom is -0.318 e. The molecule has 1 aromatic carbocycles. The van der Waals surface area contributed by atoms with E-state index in [2.05, 4.69) is 31.4 Å². The summed E-state index contributed by atoms with van der Waals surface area (Å²) in [7, 11) is 1.86. The third-order valence-electron chi connectivity index (χ3n) is 2.41. The molecule has 0 atom stereocenters. The highest BCUT2D eigenvalue weighted by atomic mass is 79.9. The molecule has 0 bridgehead atoms. The predicted octanol–water partition coefficient (Wildman–Crippen LogP) is 2.49. The summed E-state index contributed by atoms with van der Waals surface area (Å²) in [6, 6.07) is 5.13. The lowest BCUT2D eigenvalue weighted by Crippen LogP contribution is -2.15. The fourth-order valence-electron chi connectivity index (χ4n) is 1.54. The van der Waals surface area contributed by atoms with Gasteiger partial charge < -0.3 is 9.88 Å². The number of hydrogen-bond donors (Lipinski definition) is 1. The third-order valence-corrected chi connectivity index (χ3v) is 3.02. The SMILES string of the molecule is CNCCn1cnnc1-c1cccc(Br)c1F.Cl. The van der Waals surface area contributed by atoms with Crippen LogP contribution in [0.25, 0.3) is 11.4 Å². The fourth-order valence-corrected chi connectivity index (χ4v) is 1.90. The van der Waals surface area contributed by atoms with Gasteiger partial charge in [0.15, 0.2) is 5.82 Å². The molecule has 0 aliphatic rings. The fraction of sp³-hybridized carbons (Fsp3) is 0.273. The Morgan fingerprint density at radius 2 is 2.22 bits per heavy atom. The van der Waals surface area contributed by atoms with Crippen molar-refractivity contribution in [2.75, 3.05) is 13.6 Å². The smallest absolute Gasteiger partial charge is 0.166 e. The van der Waals surface area contributed by atoms with Gasteiger partial charge in [-0.2, -0.15) is 0 Å². The Hall–Kier alpha value is -0.980. The first-order valence-corrected chi connectivity index (χ1v) is 6.00. The van der Waals surface area contributed by atoms with Crippen LogP contribution in [0.2, 0.25) is 0 Å². The summed E-state index contributed by atoms with van der Waals surface area (Å²) >= 11 is 3.16. The molecule has 0 amide bonds. The molecule has 0 aliphatic carbocycles. The zero-order chi connectivity index (χ0) is 12.3. The molecule has 0 aliphatic heterocycles. The molecule has 0 spiro atoms. The van der Waals surface area contributed by atoms with Gasteiger partial charge in [0.1, 0.15) is 12.1 Å². The van der Waals surface area contributed by atoms with Gasteiger partial charge >= 0.3 is 0 Å². The third kappa shape index (κ3) is 3.07. The van der Waals surface area contributed by atoms with Crippen LogP contribution >= 0.6 is 28.3 Å². The number of likely N-dealkylation sites (N-methyl/N-ethyl adjacent to an activating group) is 1. The molecule has 7 heteroatoms. The van der Waals surface area contributed by atoms with Crippen molar-refractivity contribution in [3.8, 4) is 11.4 Å². The normalized spacial score (nSPS) is 10.2. The van der Waals surface area contributed by atoms with Gasteiger partial charge in [0.25, 0.3) is 0 Å². The number of hydrogen-bond acceptors (Lipinski definition) is 3. The first kappa shape index (κ1) is 15.1. The number of halogens is 3. The highest BCUT2D eigenvalue weighted by molar-refractivity contribution is 9.10. The van der Waals surface area contributed by atoms with Crippen molar-refractivity contribution in [1.82, 2.24) is 20.1 Å². The molecule has 2 rings (SSSR count). The van der Waals surface area contributed by atoms with E-state index in [0.717, 1.165) is 6.54 Å². The Bertz CT molecular complexity index is 517. The van der Waals surface area contributed by atoms with E-state index in [1.807, 2.05) is 11.6 Å². The van der Waals surface area contributed by atoms with Gasteiger partial charge in [-0.25, -0.2) is 4.39 Å². The molecule has 1 N–H and O–H groups in total. The summed E-state index contributed by atoms with van der Waals surface area (Å²) in [5.41, 5.74) is 0.452. The van der Waals surface area contributed by atoms with E-state index in [9.17, 15) is 4.39 Å². The van der Waals surface area contributed by atoms with Crippen molar-refractivity contribution in [3.63, 3.8) is 0 Å². The standard InChI is InChI=1S/C11H12BrFN4.ClH/c1-14-5-6-17-7-15-16-11(17)8-3-2-4-9(12)10(8)13;/h2-4,7,14H,5-6H2,1H3;1H. The molecule has 4 nitrogen and oxygen atoms in total. The van der Waals surface area contributed by atoms with E-state index in [0.29, 0.717) is 22.4 Å². The summed E-state index contributed by atoms with van der Waals surface area (Å²) < 4.78 is 16.2. The average Bonchev–Trinajstić information content (AvgIpc) is 2.78. The van der Waals surface area contributed by atoms with Crippen LogP contribution in [0.4, 0.5) is 4.39 Å². The molecule has 0 fully saturated rings. The zero-order valence-corrected chi connectivity index (χ0v) is 12.1. The number of nitrogens with zero attached hydrogens (tertiary/aromatic N) is 3. The molecular formula is C11H13BrClFN4. The monoisotopic (exact) mass is 334 g/mol. The topological polar surface area (TPSA) is 42.7 Å². The zero-order valence-electron chi connectivity index (χ0n) is 9.73. The van der Waals surface area contributed by atoms with Crippen molar-refractivity contribution in [2.45, 2.75) is 6.54 Å². The lowest BCUT2D eigenvalue weighted by molar-refractivity contribution is 0.614. The number of aromatic nitrogens is 3. The largest absolute Gasteiger partial charge is 0.318 e. The molecule has 98 valence electrons. The maximum atomic E-state index is 13.9. The van der Waals surface area contributed by atoms with Crippen molar-refractivity contribution in [2.24, 2.45) is 0 Å². The maximum absolute atomic E-state index is 13.9. The highest BCUT2D eigenvalue weighted by Gasteiger charge is 2.13. The van der Waals surface area contributed by atoms with Crippen LogP contribution in [-0.2, 0) is 6.54 Å². The molecule has 18 heavy (non-hydrogen) atoms. The van der Waals surface area contributed by atoms with Gasteiger partial charge in [-0.15, -0.1) is 22.6 Å². The van der Waals surface area contributed by atoms with E-state index in [-0.39, 0.29) is 18.2 Å². The molecule has 1 aromatic heterocycles. The quantitative estimate of drug-likeness (QED) is 0.933. The second kappa shape index (κ2) is 6.82. The van der Waals surface area contributed by atoms with Gasteiger partial charge in [0, 0.05) is 13.1 Å². The number of nitrogens with one attached hydrogen (secondary N) is 1. The van der Waals surface area contributed by atoms with Crippen molar-refractivity contribution in [1.29, 1.82) is 0 Å². The van der Waals surface area contributed by atoms with Gasteiger partial charge in [-0.1, -0.05) is 6.07 Å². The minimum absolute atomic E-state index is 0. The first-order valence-electron chi connectivity index (χ1n) is 5.21. The van der Waals surface area contributed by atoms with E-state index in [4.69, 9.17) is 0 Å². The molecule has 0 saturated heterocycles. The summed E-state index contributed by atoms with van der Waals surface area (Å²) in [5, 5.41) is 10.8. The first-order chi connectivity index (χ1) is 8.24. The molecule has 2 aromatic rings. The lowest BCUT2D eigenvalue weighted by atomic mass is 10.2. The Kier molecular flexibility index (Phi) is 5.71. The highest BCUT2D eigenvalue weighted by Crippen LogP contribution is 2.26. The summed E-state index contributed by atoms with van der Waals surface area (Å²) in [6.07, 6.45) is 1.60. The average molecular weight is 336 g/mol. The predicted molar refractivity (Wildman–Crippen MR) is 74.3 cm³/mol. The van der Waals surface area contributed by atoms with Crippen molar-refractivity contribution >= 4 is 28.3 Å². The van der Waals surface area contributed by atoms with Crippen LogP contribution in [0.3, 0.4) is 0 Å². The molecule has 0 radical (unpaired) electrons. The Balaban J connectivity index is 0.00000162. The van der Waals surface area contributed by atoms with E-state index < -0.39 is 0 Å². The van der Waals surface area contributed by atoms with E-state index in [1.54, 1.807) is 24.5 Å². The van der Waals surface area contributed by atoms with Gasteiger partial charge in [-0.3, -0.25) is 0 Å². The summed E-state index contributed by atoms with van der Waals surface area (Å²) in [4.78, 5) is 0. The van der Waals surface area contributed by atoms with E-state index >= 15 is 0 Å². The Morgan fingerprint density at radius 3 is 2.94 bits per heavy atom. The van der Waals surface area contributed by atoms with Crippen molar-refractivity contribution in [3.05, 3.63) is 34.8 Å². The lowest BCUT2D eigenvalue weighted by Gasteiger charge is -2.07. The van der Waals surface area contributed by atoms with Crippen LogP contribution in [0.1, 0.15) is 0 Å². The van der Waals surface area contributed by atoms with E-state index in [1.165, 1.54) is 0 Å². The Morgan fingerprint density at radius 1 is 1.44 bits per heavy atom. The molecule has 0 saturated carbocycles. The van der Waals surface area contributed by atoms with Crippen LogP contribution in [0.15, 0.2) is 29.0 Å². The van der Waals surface area contributed by atoms with Gasteiger partial charge in [-0.05, 0) is 35.1 Å². The second-order valence-corrected chi connectivity index (χ2v) is 4.41. The second-order valence-electron chi connectivity index (χ2n) is 3.55. The summed E-state index contributed by atoms with van der Waals surface area (Å²) in [5.74, 6) is 0.227. The van der Waals surface area contributed by atoms with Gasteiger partial charge in [0.05, 0.1) is 10.0 Å². The van der Waals surface area contributed by atoms with Crippen LogP contribution in [0.5, 0.6) is 0 Å². The van der Waals surface area contributed by atoms with Crippen LogP contribution in [-0.4, -0.2) is 28.4 Å².